The summed E-state index contributed by atoms with van der Waals surface area (Å²) in [6, 6.07) is 9.74. The number of nitrogens with zero attached hydrogens (tertiary/aromatic N) is 1. The van der Waals surface area contributed by atoms with E-state index in [1.165, 1.54) is 0 Å². The molecule has 0 aliphatic heterocycles. The maximum absolute atomic E-state index is 12.2. The first kappa shape index (κ1) is 17.9. The Morgan fingerprint density at radius 2 is 1.83 bits per heavy atom. The molecule has 1 amide bonds. The van der Waals surface area contributed by atoms with Gasteiger partial charge < -0.3 is 4.90 Å². The average molecular weight is 338 g/mol. The summed E-state index contributed by atoms with van der Waals surface area (Å²) in [6.07, 6.45) is 4.73. The molecule has 1 aromatic carbocycles. The van der Waals surface area contributed by atoms with Crippen molar-refractivity contribution in [2.24, 2.45) is 0 Å². The van der Waals surface area contributed by atoms with Gasteiger partial charge in [-0.15, -0.1) is 0 Å². The molecule has 0 atom stereocenters. The lowest BCUT2D eigenvalue weighted by Gasteiger charge is -2.22. The van der Waals surface area contributed by atoms with E-state index in [2.05, 4.69) is 4.72 Å². The lowest BCUT2D eigenvalue weighted by atomic mass is 10.0. The summed E-state index contributed by atoms with van der Waals surface area (Å²) in [4.78, 5) is 13.7. The third kappa shape index (κ3) is 5.62. The van der Waals surface area contributed by atoms with Gasteiger partial charge in [0.05, 0.1) is 5.25 Å². The Labute approximate surface area is 139 Å². The van der Waals surface area contributed by atoms with Gasteiger partial charge in [0, 0.05) is 26.6 Å². The molecular formula is C17H26N2O3S. The summed E-state index contributed by atoms with van der Waals surface area (Å²) in [5.74, 6) is -0.0554. The quantitative estimate of drug-likeness (QED) is 0.829. The topological polar surface area (TPSA) is 66.5 Å². The smallest absolute Gasteiger partial charge is 0.223 e. The molecule has 0 spiro atoms. The molecule has 1 fully saturated rings. The van der Waals surface area contributed by atoms with Crippen LogP contribution in [-0.2, 0) is 21.4 Å². The SMILES string of the molecule is CN(Cc1ccccc1)C(=O)CCNS(=O)(=O)C1CCCCC1. The molecule has 0 bridgehead atoms. The maximum Gasteiger partial charge on any atom is 0.223 e. The van der Waals surface area contributed by atoms with E-state index in [-0.39, 0.29) is 24.1 Å². The van der Waals surface area contributed by atoms with E-state index in [9.17, 15) is 13.2 Å². The number of rotatable bonds is 7. The van der Waals surface area contributed by atoms with Gasteiger partial charge in [0.15, 0.2) is 0 Å². The summed E-state index contributed by atoms with van der Waals surface area (Å²) < 4.78 is 27.0. The van der Waals surface area contributed by atoms with Crippen LogP contribution in [0.2, 0.25) is 0 Å². The first-order chi connectivity index (χ1) is 11.0. The van der Waals surface area contributed by atoms with Crippen molar-refractivity contribution in [1.82, 2.24) is 9.62 Å². The minimum Gasteiger partial charge on any atom is -0.341 e. The van der Waals surface area contributed by atoms with E-state index >= 15 is 0 Å². The zero-order valence-corrected chi connectivity index (χ0v) is 14.5. The molecule has 6 heteroatoms. The predicted molar refractivity (Wildman–Crippen MR) is 91.3 cm³/mol. The Kier molecular flexibility index (Phi) is 6.59. The molecule has 1 aromatic rings. The van der Waals surface area contributed by atoms with Gasteiger partial charge in [0.25, 0.3) is 0 Å². The zero-order chi connectivity index (χ0) is 16.7. The third-order valence-electron chi connectivity index (χ3n) is 4.32. The van der Waals surface area contributed by atoms with E-state index in [0.29, 0.717) is 6.54 Å². The highest BCUT2D eigenvalue weighted by molar-refractivity contribution is 7.90. The van der Waals surface area contributed by atoms with Gasteiger partial charge in [0.1, 0.15) is 0 Å². The summed E-state index contributed by atoms with van der Waals surface area (Å²) in [5, 5.41) is -0.284. The molecule has 23 heavy (non-hydrogen) atoms. The van der Waals surface area contributed by atoms with Crippen LogP contribution in [0.1, 0.15) is 44.1 Å². The molecule has 5 nitrogen and oxygen atoms in total. The summed E-state index contributed by atoms with van der Waals surface area (Å²) >= 11 is 0. The Bertz CT molecular complexity index is 596. The van der Waals surface area contributed by atoms with Crippen LogP contribution in [0.4, 0.5) is 0 Å². The molecule has 1 aliphatic rings. The molecule has 1 N–H and O–H groups in total. The molecule has 128 valence electrons. The molecule has 2 rings (SSSR count). The Morgan fingerprint density at radius 3 is 2.48 bits per heavy atom. The van der Waals surface area contributed by atoms with Crippen molar-refractivity contribution in [3.05, 3.63) is 35.9 Å². The third-order valence-corrected chi connectivity index (χ3v) is 6.28. The van der Waals surface area contributed by atoms with Gasteiger partial charge in [0.2, 0.25) is 15.9 Å². The lowest BCUT2D eigenvalue weighted by molar-refractivity contribution is -0.130. The van der Waals surface area contributed by atoms with Crippen LogP contribution in [0, 0.1) is 0 Å². The van der Waals surface area contributed by atoms with E-state index < -0.39 is 10.0 Å². The number of carbonyl (C=O) groups is 1. The van der Waals surface area contributed by atoms with Crippen LogP contribution >= 0.6 is 0 Å². The number of hydrogen-bond acceptors (Lipinski definition) is 3. The monoisotopic (exact) mass is 338 g/mol. The summed E-state index contributed by atoms with van der Waals surface area (Å²) in [5.41, 5.74) is 1.06. The fourth-order valence-corrected chi connectivity index (χ4v) is 4.51. The second kappa shape index (κ2) is 8.45. The molecular weight excluding hydrogens is 312 g/mol. The van der Waals surface area contributed by atoms with Crippen LogP contribution in [0.15, 0.2) is 30.3 Å². The maximum atomic E-state index is 12.2. The molecule has 0 unspecified atom stereocenters. The van der Waals surface area contributed by atoms with E-state index in [1.807, 2.05) is 30.3 Å². The van der Waals surface area contributed by atoms with Gasteiger partial charge in [-0.05, 0) is 18.4 Å². The van der Waals surface area contributed by atoms with Crippen molar-refractivity contribution in [1.29, 1.82) is 0 Å². The van der Waals surface area contributed by atoms with Crippen molar-refractivity contribution < 1.29 is 13.2 Å². The Balaban J connectivity index is 1.75. The Morgan fingerprint density at radius 1 is 1.17 bits per heavy atom. The number of nitrogens with one attached hydrogen (secondary N) is 1. The second-order valence-electron chi connectivity index (χ2n) is 6.18. The largest absolute Gasteiger partial charge is 0.341 e. The standard InChI is InChI=1S/C17H26N2O3S/c1-19(14-15-8-4-2-5-9-15)17(20)12-13-18-23(21,22)16-10-6-3-7-11-16/h2,4-5,8-9,16,18H,3,6-7,10-14H2,1H3. The average Bonchev–Trinajstić information content (AvgIpc) is 2.56. The van der Waals surface area contributed by atoms with Crippen molar-refractivity contribution >= 4 is 15.9 Å². The summed E-state index contributed by atoms with van der Waals surface area (Å²) in [6.45, 7) is 0.714. The van der Waals surface area contributed by atoms with E-state index in [0.717, 1.165) is 37.7 Å². The van der Waals surface area contributed by atoms with Crippen molar-refractivity contribution in [3.8, 4) is 0 Å². The highest BCUT2D eigenvalue weighted by Crippen LogP contribution is 2.22. The minimum absolute atomic E-state index is 0.0554. The molecule has 0 radical (unpaired) electrons. The number of benzene rings is 1. The zero-order valence-electron chi connectivity index (χ0n) is 13.7. The number of hydrogen-bond donors (Lipinski definition) is 1. The highest BCUT2D eigenvalue weighted by atomic mass is 32.2. The molecule has 0 saturated heterocycles. The van der Waals surface area contributed by atoms with Crippen molar-refractivity contribution in [2.75, 3.05) is 13.6 Å². The van der Waals surface area contributed by atoms with E-state index in [4.69, 9.17) is 0 Å². The fourth-order valence-electron chi connectivity index (χ4n) is 2.93. The molecule has 0 aromatic heterocycles. The van der Waals surface area contributed by atoms with Gasteiger partial charge >= 0.3 is 0 Å². The molecule has 1 saturated carbocycles. The van der Waals surface area contributed by atoms with Crippen molar-refractivity contribution in [3.63, 3.8) is 0 Å². The van der Waals surface area contributed by atoms with Crippen LogP contribution in [0.3, 0.4) is 0 Å². The van der Waals surface area contributed by atoms with Gasteiger partial charge in [-0.2, -0.15) is 0 Å². The lowest BCUT2D eigenvalue weighted by Crippen LogP contribution is -2.38. The number of sulfonamides is 1. The Hall–Kier alpha value is -1.40. The van der Waals surface area contributed by atoms with Crippen LogP contribution in [-0.4, -0.2) is 38.1 Å². The van der Waals surface area contributed by atoms with Gasteiger partial charge in [-0.3, -0.25) is 4.79 Å². The van der Waals surface area contributed by atoms with Crippen LogP contribution < -0.4 is 4.72 Å². The van der Waals surface area contributed by atoms with Crippen LogP contribution in [0.5, 0.6) is 0 Å². The minimum atomic E-state index is -3.28. The fraction of sp³-hybridized carbons (Fsp3) is 0.588. The van der Waals surface area contributed by atoms with Gasteiger partial charge in [-0.1, -0.05) is 49.6 Å². The van der Waals surface area contributed by atoms with Gasteiger partial charge in [-0.25, -0.2) is 13.1 Å². The first-order valence-electron chi connectivity index (χ1n) is 8.25. The number of carbonyl (C=O) groups excluding carboxylic acids is 1. The summed E-state index contributed by atoms with van der Waals surface area (Å²) in [7, 11) is -1.54. The first-order valence-corrected chi connectivity index (χ1v) is 9.80. The van der Waals surface area contributed by atoms with E-state index in [1.54, 1.807) is 11.9 Å². The van der Waals surface area contributed by atoms with Crippen LogP contribution in [0.25, 0.3) is 0 Å². The predicted octanol–water partition coefficient (Wildman–Crippen LogP) is 2.29. The number of amides is 1. The normalized spacial score (nSPS) is 16.2. The van der Waals surface area contributed by atoms with Crippen molar-refractivity contribution in [2.45, 2.75) is 50.3 Å². The highest BCUT2D eigenvalue weighted by Gasteiger charge is 2.26. The second-order valence-corrected chi connectivity index (χ2v) is 8.23. The molecule has 0 heterocycles. The molecule has 1 aliphatic carbocycles.